The zero-order valence-electron chi connectivity index (χ0n) is 24.3. The van der Waals surface area contributed by atoms with Gasteiger partial charge in [-0.3, -0.25) is 4.57 Å². The third-order valence-electron chi connectivity index (χ3n) is 4.43. The number of carbonyl (C=O) groups is 4. The Morgan fingerprint density at radius 3 is 1.79 bits per heavy atom. The Balaban J connectivity index is -0.000000233. The number of aliphatic carboxylic acids is 2. The van der Waals surface area contributed by atoms with Crippen LogP contribution in [0.25, 0.3) is 0 Å². The fourth-order valence-electron chi connectivity index (χ4n) is 1.60. The van der Waals surface area contributed by atoms with Crippen LogP contribution in [0.2, 0.25) is 0 Å². The SMILES string of the molecule is C=C(C(=O)O)C(C=CC(=O)O)CCP(=O)(O)O.C=C(C)C(=O)OC.C=CC(=O)OCCCC.CCC(C)(C)C. The van der Waals surface area contributed by atoms with Crippen LogP contribution in [0.5, 0.6) is 0 Å². The number of unbranched alkanes of at least 4 members (excludes halogenated alkanes) is 1. The molecular weight excluding hydrogens is 531 g/mol. The lowest BCUT2D eigenvalue weighted by molar-refractivity contribution is -0.138. The first-order valence-corrected chi connectivity index (χ1v) is 13.9. The normalized spacial score (nSPS) is 11.1. The van der Waals surface area contributed by atoms with Crippen LogP contribution in [0.15, 0.2) is 49.1 Å². The van der Waals surface area contributed by atoms with Gasteiger partial charge in [-0.15, -0.1) is 0 Å². The van der Waals surface area contributed by atoms with E-state index in [9.17, 15) is 23.7 Å². The molecule has 0 aromatic carbocycles. The van der Waals surface area contributed by atoms with Crippen LogP contribution in [0, 0.1) is 11.3 Å². The second-order valence-corrected chi connectivity index (χ2v) is 11.0. The first kappa shape index (κ1) is 43.1. The molecule has 1 atom stereocenters. The van der Waals surface area contributed by atoms with Gasteiger partial charge in [0.1, 0.15) is 0 Å². The van der Waals surface area contributed by atoms with E-state index in [0.29, 0.717) is 17.6 Å². The highest BCUT2D eigenvalue weighted by Crippen LogP contribution is 2.37. The molecule has 11 nitrogen and oxygen atoms in total. The van der Waals surface area contributed by atoms with Crippen molar-refractivity contribution in [2.75, 3.05) is 19.9 Å². The predicted octanol–water partition coefficient (Wildman–Crippen LogP) is 5.15. The van der Waals surface area contributed by atoms with Crippen molar-refractivity contribution >= 4 is 31.5 Å². The average molecular weight is 579 g/mol. The highest BCUT2D eigenvalue weighted by Gasteiger charge is 2.21. The highest BCUT2D eigenvalue weighted by atomic mass is 31.2. The van der Waals surface area contributed by atoms with E-state index in [1.54, 1.807) is 6.92 Å². The summed E-state index contributed by atoms with van der Waals surface area (Å²) in [6.07, 6.45) is 5.48. The first-order valence-electron chi connectivity index (χ1n) is 12.1. The Hall–Kier alpha value is -3.01. The molecule has 0 aromatic rings. The quantitative estimate of drug-likeness (QED) is 0.104. The lowest BCUT2D eigenvalue weighted by Gasteiger charge is -2.12. The molecule has 0 saturated carbocycles. The molecule has 1 unspecified atom stereocenters. The molecule has 0 spiro atoms. The van der Waals surface area contributed by atoms with Gasteiger partial charge in [0, 0.05) is 29.2 Å². The van der Waals surface area contributed by atoms with Crippen molar-refractivity contribution in [2.45, 2.75) is 67.2 Å². The van der Waals surface area contributed by atoms with Crippen LogP contribution in [-0.2, 0) is 33.2 Å². The van der Waals surface area contributed by atoms with Crippen LogP contribution in [0.1, 0.15) is 67.2 Å². The molecule has 0 aliphatic heterocycles. The smallest absolute Gasteiger partial charge is 0.332 e. The number of esters is 2. The molecule has 12 heteroatoms. The molecule has 4 N–H and O–H groups in total. The van der Waals surface area contributed by atoms with Crippen molar-refractivity contribution < 1.29 is 53.2 Å². The Labute approximate surface area is 232 Å². The molecule has 0 bridgehead atoms. The first-order chi connectivity index (χ1) is 17.7. The van der Waals surface area contributed by atoms with Crippen LogP contribution < -0.4 is 0 Å². The molecular formula is C27H47O11P. The summed E-state index contributed by atoms with van der Waals surface area (Å²) < 4.78 is 19.6. The van der Waals surface area contributed by atoms with Crippen LogP contribution >= 0.6 is 7.60 Å². The number of carbonyl (C=O) groups excluding carboxylic acids is 2. The van der Waals surface area contributed by atoms with E-state index in [-0.39, 0.29) is 23.9 Å². The number of hydrogen-bond donors (Lipinski definition) is 4. The van der Waals surface area contributed by atoms with Gasteiger partial charge in [-0.05, 0) is 25.2 Å². The second kappa shape index (κ2) is 24.1. The van der Waals surface area contributed by atoms with E-state index in [2.05, 4.69) is 56.9 Å². The summed E-state index contributed by atoms with van der Waals surface area (Å²) in [6, 6.07) is 0. The average Bonchev–Trinajstić information content (AvgIpc) is 2.83. The highest BCUT2D eigenvalue weighted by molar-refractivity contribution is 7.51. The lowest BCUT2D eigenvalue weighted by Crippen LogP contribution is -2.12. The number of ether oxygens (including phenoxy) is 2. The van der Waals surface area contributed by atoms with E-state index in [0.717, 1.165) is 25.0 Å². The topological polar surface area (TPSA) is 185 Å². The molecule has 0 aliphatic rings. The zero-order valence-corrected chi connectivity index (χ0v) is 25.2. The van der Waals surface area contributed by atoms with Gasteiger partial charge in [0.2, 0.25) is 0 Å². The number of hydrogen-bond acceptors (Lipinski definition) is 7. The number of carboxylic acid groups (broad SMARTS) is 2. The zero-order chi connectivity index (χ0) is 31.8. The number of allylic oxidation sites excluding steroid dienone is 1. The summed E-state index contributed by atoms with van der Waals surface area (Å²) in [4.78, 5) is 58.8. The van der Waals surface area contributed by atoms with Gasteiger partial charge >= 0.3 is 31.5 Å². The predicted molar refractivity (Wildman–Crippen MR) is 151 cm³/mol. The molecule has 0 radical (unpaired) electrons. The molecule has 39 heavy (non-hydrogen) atoms. The lowest BCUT2D eigenvalue weighted by atomic mass is 9.94. The van der Waals surface area contributed by atoms with E-state index < -0.39 is 31.6 Å². The Bertz CT molecular complexity index is 861. The summed E-state index contributed by atoms with van der Waals surface area (Å²) in [7, 11) is -2.92. The standard InChI is InChI=1S/C9H13O7P.C7H12O2.C6H14.C5H8O2/c1-6(9(12)13)7(2-3-8(10)11)4-5-17(14,15)16;1-3-5-6-9-7(8)4-2;1-5-6(2,3)4;1-4(2)5(6)7-3/h2-3,7H,1,4-5H2,(H,10,11)(H,12,13)(H2,14,15,16);4H,2-3,5-6H2,1H3;5H2,1-4H3;1H2,2-3H3. The molecule has 0 heterocycles. The van der Waals surface area contributed by atoms with Crippen molar-refractivity contribution in [1.29, 1.82) is 0 Å². The van der Waals surface area contributed by atoms with Gasteiger partial charge in [0.05, 0.1) is 19.9 Å². The third kappa shape index (κ3) is 37.2. The molecule has 0 aromatic heterocycles. The fourth-order valence-corrected chi connectivity index (χ4v) is 2.22. The van der Waals surface area contributed by atoms with Gasteiger partial charge < -0.3 is 29.5 Å². The maximum absolute atomic E-state index is 10.6. The van der Waals surface area contributed by atoms with Gasteiger partial charge in [-0.25, -0.2) is 19.2 Å². The van der Waals surface area contributed by atoms with Gasteiger partial charge in [0.25, 0.3) is 0 Å². The summed E-state index contributed by atoms with van der Waals surface area (Å²) in [5.74, 6) is -4.21. The minimum Gasteiger partial charge on any atom is -0.478 e. The molecule has 0 rings (SSSR count). The van der Waals surface area contributed by atoms with Gasteiger partial charge in [-0.2, -0.15) is 0 Å². The summed E-state index contributed by atoms with van der Waals surface area (Å²) in [5.41, 5.74) is 0.665. The van der Waals surface area contributed by atoms with E-state index in [4.69, 9.17) is 20.0 Å². The number of carboxylic acids is 2. The number of rotatable bonds is 12. The molecule has 0 amide bonds. The van der Waals surface area contributed by atoms with Crippen molar-refractivity contribution in [1.82, 2.24) is 0 Å². The summed E-state index contributed by atoms with van der Waals surface area (Å²) in [5, 5.41) is 17.1. The summed E-state index contributed by atoms with van der Waals surface area (Å²) in [6.45, 7) is 23.0. The Morgan fingerprint density at radius 1 is 1.05 bits per heavy atom. The molecule has 0 fully saturated rings. The van der Waals surface area contributed by atoms with Crippen molar-refractivity contribution in [3.8, 4) is 0 Å². The molecule has 226 valence electrons. The van der Waals surface area contributed by atoms with Crippen LogP contribution in [0.3, 0.4) is 0 Å². The molecule has 0 aliphatic carbocycles. The Morgan fingerprint density at radius 2 is 1.54 bits per heavy atom. The van der Waals surface area contributed by atoms with Crippen molar-refractivity contribution in [3.63, 3.8) is 0 Å². The summed E-state index contributed by atoms with van der Waals surface area (Å²) >= 11 is 0. The maximum Gasteiger partial charge on any atom is 0.332 e. The fraction of sp³-hybridized carbons (Fsp3) is 0.556. The maximum atomic E-state index is 10.6. The van der Waals surface area contributed by atoms with Crippen molar-refractivity contribution in [3.05, 3.63) is 49.1 Å². The minimum atomic E-state index is -4.25. The minimum absolute atomic E-state index is 0.181. The largest absolute Gasteiger partial charge is 0.478 e. The van der Waals surface area contributed by atoms with E-state index in [1.165, 1.54) is 19.6 Å². The monoisotopic (exact) mass is 578 g/mol. The van der Waals surface area contributed by atoms with Gasteiger partial charge in [0.15, 0.2) is 0 Å². The molecule has 0 saturated heterocycles. The Kier molecular flexibility index (Phi) is 26.6. The van der Waals surface area contributed by atoms with Gasteiger partial charge in [-0.1, -0.05) is 73.3 Å². The van der Waals surface area contributed by atoms with Crippen molar-refractivity contribution in [2.24, 2.45) is 11.3 Å². The van der Waals surface area contributed by atoms with Crippen LogP contribution in [0.4, 0.5) is 0 Å². The van der Waals surface area contributed by atoms with Crippen LogP contribution in [-0.4, -0.2) is 63.8 Å². The third-order valence-corrected chi connectivity index (χ3v) is 5.27. The second-order valence-electron chi connectivity index (χ2n) is 9.22. The number of methoxy groups -OCH3 is 1. The van der Waals surface area contributed by atoms with E-state index >= 15 is 0 Å². The van der Waals surface area contributed by atoms with E-state index in [1.807, 2.05) is 6.92 Å².